The summed E-state index contributed by atoms with van der Waals surface area (Å²) in [6, 6.07) is 0. The van der Waals surface area contributed by atoms with Gasteiger partial charge in [-0.2, -0.15) is 0 Å². The summed E-state index contributed by atoms with van der Waals surface area (Å²) in [7, 11) is 0. The molecule has 0 aromatic carbocycles. The minimum Gasteiger partial charge on any atom is -0.481 e. The second kappa shape index (κ2) is 8.35. The number of allylic oxidation sites excluding steroid dienone is 2. The van der Waals surface area contributed by atoms with Crippen LogP contribution in [-0.2, 0) is 9.59 Å². The number of rotatable bonds is 8. The molecule has 0 aliphatic rings. The number of hydrogen-bond acceptors (Lipinski definition) is 3. The largest absolute Gasteiger partial charge is 0.481 e. The van der Waals surface area contributed by atoms with Gasteiger partial charge in [0.1, 0.15) is 0 Å². The highest BCUT2D eigenvalue weighted by Crippen LogP contribution is 2.35. The Morgan fingerprint density at radius 2 is 1.83 bits per heavy atom. The molecule has 0 aromatic rings. The van der Waals surface area contributed by atoms with E-state index in [1.54, 1.807) is 6.92 Å². The number of carboxylic acids is 1. The van der Waals surface area contributed by atoms with Gasteiger partial charge in [-0.3, -0.25) is 9.59 Å². The molecule has 4 heteroatoms. The summed E-state index contributed by atoms with van der Waals surface area (Å²) in [5.74, 6) is -0.769. The van der Waals surface area contributed by atoms with E-state index >= 15 is 0 Å². The predicted molar refractivity (Wildman–Crippen MR) is 76.8 cm³/mol. The summed E-state index contributed by atoms with van der Waals surface area (Å²) < 4.78 is -0.146. The molecule has 1 unspecified atom stereocenters. The topological polar surface area (TPSA) is 54.4 Å². The van der Waals surface area contributed by atoms with Crippen molar-refractivity contribution in [2.75, 3.05) is 0 Å². The summed E-state index contributed by atoms with van der Waals surface area (Å²) in [6.07, 6.45) is 5.57. The Bertz CT molecular complexity index is 319. The second-order valence-electron chi connectivity index (χ2n) is 5.11. The summed E-state index contributed by atoms with van der Waals surface area (Å²) >= 11 is 1.34. The summed E-state index contributed by atoms with van der Waals surface area (Å²) in [4.78, 5) is 21.8. The number of carbonyl (C=O) groups excluding carboxylic acids is 1. The number of hydrogen-bond donors (Lipinski definition) is 1. The molecule has 0 radical (unpaired) electrons. The summed E-state index contributed by atoms with van der Waals surface area (Å²) in [5, 5.41) is 8.76. The summed E-state index contributed by atoms with van der Waals surface area (Å²) in [6.45, 7) is 7.74. The molecule has 0 aliphatic carbocycles. The van der Waals surface area contributed by atoms with Crippen molar-refractivity contribution in [3.63, 3.8) is 0 Å². The molecular formula is C14H24O3S. The standard InChI is InChI=1S/C14H24O3S/c1-11(2)7-5-9-14(4,18-12(3)15)10-6-8-13(16)17/h7H,5-6,8-10H2,1-4H3,(H,16,17). The molecule has 0 spiro atoms. The molecule has 0 saturated carbocycles. The van der Waals surface area contributed by atoms with Gasteiger partial charge in [0.05, 0.1) is 0 Å². The van der Waals surface area contributed by atoms with Crippen LogP contribution in [0.4, 0.5) is 0 Å². The monoisotopic (exact) mass is 272 g/mol. The Morgan fingerprint density at radius 1 is 1.22 bits per heavy atom. The van der Waals surface area contributed by atoms with Crippen molar-refractivity contribution in [3.05, 3.63) is 11.6 Å². The van der Waals surface area contributed by atoms with Crippen LogP contribution in [0.3, 0.4) is 0 Å². The fourth-order valence-corrected chi connectivity index (χ4v) is 3.01. The number of thioether (sulfide) groups is 1. The molecule has 3 nitrogen and oxygen atoms in total. The second-order valence-corrected chi connectivity index (χ2v) is 6.88. The quantitative estimate of drug-likeness (QED) is 0.678. The van der Waals surface area contributed by atoms with E-state index in [9.17, 15) is 9.59 Å². The lowest BCUT2D eigenvalue weighted by atomic mass is 9.97. The van der Waals surface area contributed by atoms with Gasteiger partial charge in [-0.25, -0.2) is 0 Å². The van der Waals surface area contributed by atoms with Crippen LogP contribution in [0.2, 0.25) is 0 Å². The maximum absolute atomic E-state index is 11.3. The fraction of sp³-hybridized carbons (Fsp3) is 0.714. The minimum atomic E-state index is -0.769. The first-order valence-electron chi connectivity index (χ1n) is 6.30. The molecule has 1 atom stereocenters. The van der Waals surface area contributed by atoms with Crippen molar-refractivity contribution in [1.82, 2.24) is 0 Å². The molecule has 0 saturated heterocycles. The molecule has 104 valence electrons. The van der Waals surface area contributed by atoms with Crippen molar-refractivity contribution in [1.29, 1.82) is 0 Å². The van der Waals surface area contributed by atoms with E-state index in [0.717, 1.165) is 19.3 Å². The Balaban J connectivity index is 4.36. The average molecular weight is 272 g/mol. The first-order valence-corrected chi connectivity index (χ1v) is 7.11. The Labute approximate surface area is 114 Å². The van der Waals surface area contributed by atoms with E-state index in [1.807, 2.05) is 0 Å². The highest BCUT2D eigenvalue weighted by atomic mass is 32.2. The fourth-order valence-electron chi connectivity index (χ4n) is 1.85. The minimum absolute atomic E-state index is 0.102. The van der Waals surface area contributed by atoms with E-state index in [-0.39, 0.29) is 16.3 Å². The average Bonchev–Trinajstić information content (AvgIpc) is 2.14. The van der Waals surface area contributed by atoms with Crippen molar-refractivity contribution < 1.29 is 14.7 Å². The van der Waals surface area contributed by atoms with Crippen LogP contribution in [0.5, 0.6) is 0 Å². The molecular weight excluding hydrogens is 248 g/mol. The van der Waals surface area contributed by atoms with E-state index in [1.165, 1.54) is 17.3 Å². The molecule has 0 heterocycles. The van der Waals surface area contributed by atoms with Crippen molar-refractivity contribution in [2.45, 2.75) is 64.5 Å². The molecule has 0 aromatic heterocycles. The Kier molecular flexibility index (Phi) is 8.00. The molecule has 0 rings (SSSR count). The number of carbonyl (C=O) groups is 2. The van der Waals surface area contributed by atoms with Crippen molar-refractivity contribution >= 4 is 22.8 Å². The lowest BCUT2D eigenvalue weighted by molar-refractivity contribution is -0.137. The van der Waals surface area contributed by atoms with Crippen molar-refractivity contribution in [2.24, 2.45) is 0 Å². The molecule has 0 amide bonds. The highest BCUT2D eigenvalue weighted by molar-refractivity contribution is 8.14. The molecule has 0 bridgehead atoms. The van der Waals surface area contributed by atoms with E-state index < -0.39 is 5.97 Å². The zero-order valence-electron chi connectivity index (χ0n) is 11.8. The van der Waals surface area contributed by atoms with Crippen LogP contribution in [-0.4, -0.2) is 20.9 Å². The normalized spacial score (nSPS) is 13.8. The van der Waals surface area contributed by atoms with Crippen LogP contribution in [0, 0.1) is 0 Å². The van der Waals surface area contributed by atoms with Crippen LogP contribution in [0.1, 0.15) is 59.8 Å². The van der Waals surface area contributed by atoms with Gasteiger partial charge >= 0.3 is 5.97 Å². The molecule has 0 aliphatic heterocycles. The van der Waals surface area contributed by atoms with Crippen molar-refractivity contribution in [3.8, 4) is 0 Å². The van der Waals surface area contributed by atoms with Gasteiger partial charge in [-0.05, 0) is 46.5 Å². The lowest BCUT2D eigenvalue weighted by Crippen LogP contribution is -2.22. The van der Waals surface area contributed by atoms with Crippen LogP contribution in [0.25, 0.3) is 0 Å². The molecule has 1 N–H and O–H groups in total. The SMILES string of the molecule is CC(=O)SC(C)(CCC=C(C)C)CCCC(=O)O. The zero-order chi connectivity index (χ0) is 14.2. The summed E-state index contributed by atoms with van der Waals surface area (Å²) in [5.41, 5.74) is 1.27. The smallest absolute Gasteiger partial charge is 0.303 e. The van der Waals surface area contributed by atoms with Gasteiger partial charge in [0.2, 0.25) is 0 Å². The first kappa shape index (κ1) is 17.2. The van der Waals surface area contributed by atoms with Crippen LogP contribution < -0.4 is 0 Å². The van der Waals surface area contributed by atoms with Gasteiger partial charge in [-0.15, -0.1) is 0 Å². The Hall–Kier alpha value is -0.770. The van der Waals surface area contributed by atoms with Gasteiger partial charge < -0.3 is 5.11 Å². The highest BCUT2D eigenvalue weighted by Gasteiger charge is 2.26. The predicted octanol–water partition coefficient (Wildman–Crippen LogP) is 4.03. The third-order valence-corrected chi connectivity index (χ3v) is 3.90. The number of aliphatic carboxylic acids is 1. The first-order chi connectivity index (χ1) is 8.25. The molecule has 0 fully saturated rings. The zero-order valence-corrected chi connectivity index (χ0v) is 12.6. The number of carboxylic acid groups (broad SMARTS) is 1. The van der Waals surface area contributed by atoms with Crippen LogP contribution in [0.15, 0.2) is 11.6 Å². The van der Waals surface area contributed by atoms with Gasteiger partial charge in [0.25, 0.3) is 0 Å². The van der Waals surface area contributed by atoms with Crippen LogP contribution >= 0.6 is 11.8 Å². The maximum atomic E-state index is 11.3. The maximum Gasteiger partial charge on any atom is 0.303 e. The van der Waals surface area contributed by atoms with E-state index in [4.69, 9.17) is 5.11 Å². The van der Waals surface area contributed by atoms with Gasteiger partial charge in [-0.1, -0.05) is 23.4 Å². The lowest BCUT2D eigenvalue weighted by Gasteiger charge is -2.27. The van der Waals surface area contributed by atoms with Gasteiger partial charge in [0, 0.05) is 18.1 Å². The molecule has 18 heavy (non-hydrogen) atoms. The third kappa shape index (κ3) is 9.28. The van der Waals surface area contributed by atoms with E-state index in [0.29, 0.717) is 6.42 Å². The van der Waals surface area contributed by atoms with Gasteiger partial charge in [0.15, 0.2) is 5.12 Å². The van der Waals surface area contributed by atoms with E-state index in [2.05, 4.69) is 26.8 Å². The Morgan fingerprint density at radius 3 is 2.28 bits per heavy atom. The third-order valence-electron chi connectivity index (χ3n) is 2.71.